The lowest BCUT2D eigenvalue weighted by Crippen LogP contribution is -2.12. The van der Waals surface area contributed by atoms with E-state index in [1.165, 1.54) is 16.9 Å². The fraction of sp³-hybridized carbons (Fsp3) is 0.500. The first-order valence-corrected chi connectivity index (χ1v) is 8.10. The number of aryl methyl sites for hydroxylation is 1. The Morgan fingerprint density at radius 3 is 3.00 bits per heavy atom. The van der Waals surface area contributed by atoms with Gasteiger partial charge in [-0.2, -0.15) is 0 Å². The van der Waals surface area contributed by atoms with Crippen LogP contribution in [0, 0.1) is 5.92 Å². The maximum absolute atomic E-state index is 5.61. The van der Waals surface area contributed by atoms with Gasteiger partial charge in [-0.1, -0.05) is 18.7 Å². The van der Waals surface area contributed by atoms with Gasteiger partial charge in [0.25, 0.3) is 0 Å². The van der Waals surface area contributed by atoms with Crippen LogP contribution in [0.1, 0.15) is 23.8 Å². The Morgan fingerprint density at radius 2 is 2.28 bits per heavy atom. The molecule has 0 bridgehead atoms. The monoisotopic (exact) mass is 280 g/mol. The molecule has 0 saturated carbocycles. The molecule has 3 rings (SSSR count). The van der Waals surface area contributed by atoms with Crippen molar-refractivity contribution in [2.75, 3.05) is 11.7 Å². The summed E-state index contributed by atoms with van der Waals surface area (Å²) in [6.07, 6.45) is 5.51. The van der Waals surface area contributed by atoms with Crippen molar-refractivity contribution in [3.05, 3.63) is 10.4 Å². The summed E-state index contributed by atoms with van der Waals surface area (Å²) in [6, 6.07) is 0. The first-order valence-electron chi connectivity index (χ1n) is 6.05. The Morgan fingerprint density at radius 1 is 1.44 bits per heavy atom. The van der Waals surface area contributed by atoms with Gasteiger partial charge < -0.3 is 5.43 Å². The number of hydrogen-bond acceptors (Lipinski definition) is 6. The van der Waals surface area contributed by atoms with Crippen molar-refractivity contribution in [2.24, 2.45) is 11.8 Å². The molecule has 1 aliphatic rings. The van der Waals surface area contributed by atoms with E-state index in [0.717, 1.165) is 40.0 Å². The molecule has 4 nitrogen and oxygen atoms in total. The normalized spacial score (nSPS) is 18.9. The lowest BCUT2D eigenvalue weighted by atomic mass is 9.89. The Hall–Kier alpha value is -0.850. The second-order valence-electron chi connectivity index (χ2n) is 4.74. The van der Waals surface area contributed by atoms with Crippen LogP contribution in [0.15, 0.2) is 5.16 Å². The van der Waals surface area contributed by atoms with Gasteiger partial charge in [0.1, 0.15) is 4.83 Å². The van der Waals surface area contributed by atoms with Gasteiger partial charge in [0.2, 0.25) is 0 Å². The number of nitrogen functional groups attached to an aromatic ring is 1. The third kappa shape index (κ3) is 1.88. The second kappa shape index (κ2) is 4.68. The Bertz CT molecular complexity index is 593. The summed E-state index contributed by atoms with van der Waals surface area (Å²) in [5, 5.41) is 1.92. The highest BCUT2D eigenvalue weighted by molar-refractivity contribution is 7.98. The molecule has 1 aliphatic carbocycles. The molecular weight excluding hydrogens is 264 g/mol. The number of aromatic nitrogens is 2. The molecule has 0 aromatic carbocycles. The van der Waals surface area contributed by atoms with Crippen molar-refractivity contribution in [3.8, 4) is 0 Å². The van der Waals surface area contributed by atoms with E-state index in [9.17, 15) is 0 Å². The number of hydrazine groups is 1. The topological polar surface area (TPSA) is 63.8 Å². The van der Waals surface area contributed by atoms with Gasteiger partial charge in [-0.25, -0.2) is 15.8 Å². The number of nitrogens with zero attached hydrogens (tertiary/aromatic N) is 2. The smallest absolute Gasteiger partial charge is 0.190 e. The highest BCUT2D eigenvalue weighted by atomic mass is 32.2. The predicted molar refractivity (Wildman–Crippen MR) is 78.2 cm³/mol. The van der Waals surface area contributed by atoms with Gasteiger partial charge in [0.05, 0.1) is 5.39 Å². The number of nitrogens with two attached hydrogens (primary N) is 1. The minimum absolute atomic E-state index is 0.771. The molecule has 96 valence electrons. The van der Waals surface area contributed by atoms with Crippen LogP contribution in [0.3, 0.4) is 0 Å². The van der Waals surface area contributed by atoms with Gasteiger partial charge >= 0.3 is 0 Å². The zero-order valence-electron chi connectivity index (χ0n) is 10.5. The molecule has 3 N–H and O–H groups in total. The highest BCUT2D eigenvalue weighted by Gasteiger charge is 2.23. The molecule has 2 aromatic heterocycles. The molecule has 6 heteroatoms. The molecule has 0 aliphatic heterocycles. The van der Waals surface area contributed by atoms with Crippen LogP contribution in [-0.2, 0) is 12.8 Å². The average molecular weight is 280 g/mol. The quantitative estimate of drug-likeness (QED) is 0.383. The molecule has 2 aromatic rings. The Labute approximate surface area is 114 Å². The number of thiophene rings is 1. The van der Waals surface area contributed by atoms with Crippen LogP contribution in [0.2, 0.25) is 0 Å². The fourth-order valence-electron chi connectivity index (χ4n) is 2.52. The van der Waals surface area contributed by atoms with Crippen molar-refractivity contribution < 1.29 is 0 Å². The van der Waals surface area contributed by atoms with Crippen molar-refractivity contribution >= 4 is 39.1 Å². The van der Waals surface area contributed by atoms with Crippen LogP contribution in [0.25, 0.3) is 10.2 Å². The summed E-state index contributed by atoms with van der Waals surface area (Å²) >= 11 is 3.35. The molecule has 0 spiro atoms. The van der Waals surface area contributed by atoms with Crippen molar-refractivity contribution in [2.45, 2.75) is 31.3 Å². The molecular formula is C12H16N4S2. The van der Waals surface area contributed by atoms with Gasteiger partial charge in [0.15, 0.2) is 11.0 Å². The average Bonchev–Trinajstić information content (AvgIpc) is 2.74. The number of rotatable bonds is 2. The van der Waals surface area contributed by atoms with Crippen LogP contribution >= 0.6 is 23.1 Å². The maximum Gasteiger partial charge on any atom is 0.190 e. The third-order valence-electron chi connectivity index (χ3n) is 3.45. The zero-order chi connectivity index (χ0) is 12.7. The summed E-state index contributed by atoms with van der Waals surface area (Å²) in [4.78, 5) is 11.6. The lowest BCUT2D eigenvalue weighted by molar-refractivity contribution is 0.509. The number of hydrogen-bond donors (Lipinski definition) is 2. The number of fused-ring (bicyclic) bond motifs is 3. The highest BCUT2D eigenvalue weighted by Crippen LogP contribution is 2.40. The summed E-state index contributed by atoms with van der Waals surface area (Å²) in [7, 11) is 0. The molecule has 0 unspecified atom stereocenters. The Kier molecular flexibility index (Phi) is 3.17. The zero-order valence-corrected chi connectivity index (χ0v) is 12.1. The summed E-state index contributed by atoms with van der Waals surface area (Å²) < 4.78 is 0. The van der Waals surface area contributed by atoms with Crippen LogP contribution in [0.5, 0.6) is 0 Å². The molecule has 0 amide bonds. The van der Waals surface area contributed by atoms with E-state index in [0.29, 0.717) is 0 Å². The number of anilines is 1. The van der Waals surface area contributed by atoms with E-state index in [1.807, 2.05) is 6.26 Å². The number of nitrogens with one attached hydrogen (secondary N) is 1. The minimum atomic E-state index is 0.771. The first-order chi connectivity index (χ1) is 8.72. The van der Waals surface area contributed by atoms with Gasteiger partial charge in [0, 0.05) is 4.88 Å². The van der Waals surface area contributed by atoms with Crippen LogP contribution in [-0.4, -0.2) is 16.2 Å². The predicted octanol–water partition coefficient (Wildman–Crippen LogP) is 2.82. The lowest BCUT2D eigenvalue weighted by Gasteiger charge is -2.18. The van der Waals surface area contributed by atoms with E-state index < -0.39 is 0 Å². The molecule has 1 atom stereocenters. The van der Waals surface area contributed by atoms with E-state index in [4.69, 9.17) is 5.84 Å². The molecule has 2 heterocycles. The second-order valence-corrected chi connectivity index (χ2v) is 6.59. The van der Waals surface area contributed by atoms with Crippen molar-refractivity contribution in [1.82, 2.24) is 9.97 Å². The molecule has 18 heavy (non-hydrogen) atoms. The van der Waals surface area contributed by atoms with E-state index >= 15 is 0 Å². The summed E-state index contributed by atoms with van der Waals surface area (Å²) in [6.45, 7) is 2.31. The summed E-state index contributed by atoms with van der Waals surface area (Å²) in [5.74, 6) is 7.16. The van der Waals surface area contributed by atoms with Gasteiger partial charge in [-0.3, -0.25) is 0 Å². The van der Waals surface area contributed by atoms with Gasteiger partial charge in [-0.05, 0) is 37.0 Å². The van der Waals surface area contributed by atoms with Crippen molar-refractivity contribution in [1.29, 1.82) is 0 Å². The fourth-order valence-corrected chi connectivity index (χ4v) is 4.32. The summed E-state index contributed by atoms with van der Waals surface area (Å²) in [5.41, 5.74) is 4.15. The first kappa shape index (κ1) is 12.2. The largest absolute Gasteiger partial charge is 0.308 e. The maximum atomic E-state index is 5.61. The van der Waals surface area contributed by atoms with Crippen molar-refractivity contribution in [3.63, 3.8) is 0 Å². The standard InChI is InChI=1S/C12H16N4S2/c1-6-3-4-7-8(5-6)18-11-9(7)10(16-13)14-12(15-11)17-2/h6H,3-5,13H2,1-2H3,(H,14,15,16)/t6-/m0/s1. The number of thioether (sulfide) groups is 1. The third-order valence-corrected chi connectivity index (χ3v) is 5.15. The van der Waals surface area contributed by atoms with E-state index in [1.54, 1.807) is 23.1 Å². The van der Waals surface area contributed by atoms with E-state index in [2.05, 4.69) is 22.3 Å². The molecule has 0 saturated heterocycles. The minimum Gasteiger partial charge on any atom is -0.308 e. The van der Waals surface area contributed by atoms with Crippen LogP contribution < -0.4 is 11.3 Å². The molecule has 0 fully saturated rings. The molecule has 0 radical (unpaired) electrons. The van der Waals surface area contributed by atoms with E-state index in [-0.39, 0.29) is 0 Å². The SMILES string of the molecule is CSc1nc(NN)c2c3c(sc2n1)C[C@@H](C)CC3. The Balaban J connectivity index is 2.24. The van der Waals surface area contributed by atoms with Gasteiger partial charge in [-0.15, -0.1) is 11.3 Å². The van der Waals surface area contributed by atoms with Crippen LogP contribution in [0.4, 0.5) is 5.82 Å².